The third kappa shape index (κ3) is 2.72. The molecular formula is C11H13BrO3. The van der Waals surface area contributed by atoms with E-state index >= 15 is 0 Å². The minimum atomic E-state index is -0.853. The molecular weight excluding hydrogens is 260 g/mol. The summed E-state index contributed by atoms with van der Waals surface area (Å²) in [5.74, 6) is -1.19. The van der Waals surface area contributed by atoms with Gasteiger partial charge in [0, 0.05) is 4.47 Å². The molecule has 0 amide bonds. The number of aromatic hydroxyl groups is 1. The zero-order chi connectivity index (χ0) is 11.6. The van der Waals surface area contributed by atoms with Crippen molar-refractivity contribution in [2.45, 2.75) is 20.3 Å². The Balaban J connectivity index is 3.03. The molecule has 0 saturated carbocycles. The Morgan fingerprint density at radius 1 is 1.53 bits per heavy atom. The van der Waals surface area contributed by atoms with Crippen LogP contribution in [-0.2, 0) is 11.2 Å². The first-order valence-electron chi connectivity index (χ1n) is 4.63. The van der Waals surface area contributed by atoms with Crippen LogP contribution in [0.3, 0.4) is 0 Å². The standard InChI is InChI=1S/C11H13BrO3/c1-6(11(14)15)5-8-7(2)9(12)3-4-10(8)13/h3-4,6,13H,5H2,1-2H3,(H,14,15). The van der Waals surface area contributed by atoms with E-state index in [4.69, 9.17) is 5.11 Å². The number of carboxylic acid groups (broad SMARTS) is 1. The fraction of sp³-hybridized carbons (Fsp3) is 0.364. The predicted octanol–water partition coefficient (Wildman–Crippen LogP) is 2.73. The summed E-state index contributed by atoms with van der Waals surface area (Å²) in [6.07, 6.45) is 0.340. The maximum atomic E-state index is 10.7. The summed E-state index contributed by atoms with van der Waals surface area (Å²) < 4.78 is 0.882. The summed E-state index contributed by atoms with van der Waals surface area (Å²) in [4.78, 5) is 10.7. The SMILES string of the molecule is Cc1c(Br)ccc(O)c1CC(C)C(=O)O. The van der Waals surface area contributed by atoms with Gasteiger partial charge in [-0.25, -0.2) is 0 Å². The van der Waals surface area contributed by atoms with Gasteiger partial charge in [-0.05, 0) is 36.6 Å². The van der Waals surface area contributed by atoms with Crippen LogP contribution in [0.4, 0.5) is 0 Å². The Morgan fingerprint density at radius 3 is 2.67 bits per heavy atom. The van der Waals surface area contributed by atoms with Crippen molar-refractivity contribution < 1.29 is 15.0 Å². The van der Waals surface area contributed by atoms with Crippen LogP contribution in [0.5, 0.6) is 5.75 Å². The van der Waals surface area contributed by atoms with Crippen LogP contribution in [0.25, 0.3) is 0 Å². The third-order valence-corrected chi connectivity index (χ3v) is 3.30. The monoisotopic (exact) mass is 272 g/mol. The molecule has 15 heavy (non-hydrogen) atoms. The number of hydrogen-bond donors (Lipinski definition) is 2. The van der Waals surface area contributed by atoms with Gasteiger partial charge in [0.1, 0.15) is 5.75 Å². The molecule has 4 heteroatoms. The van der Waals surface area contributed by atoms with E-state index in [9.17, 15) is 9.90 Å². The summed E-state index contributed by atoms with van der Waals surface area (Å²) in [6, 6.07) is 3.32. The Hall–Kier alpha value is -1.03. The van der Waals surface area contributed by atoms with Crippen LogP contribution in [0.15, 0.2) is 16.6 Å². The van der Waals surface area contributed by atoms with Gasteiger partial charge in [-0.1, -0.05) is 22.9 Å². The number of aliphatic carboxylic acids is 1. The van der Waals surface area contributed by atoms with Crippen LogP contribution in [-0.4, -0.2) is 16.2 Å². The van der Waals surface area contributed by atoms with Gasteiger partial charge < -0.3 is 10.2 Å². The maximum Gasteiger partial charge on any atom is 0.306 e. The molecule has 0 aliphatic carbocycles. The molecule has 82 valence electrons. The second-order valence-electron chi connectivity index (χ2n) is 3.61. The van der Waals surface area contributed by atoms with Crippen LogP contribution in [0.1, 0.15) is 18.1 Å². The molecule has 1 aromatic carbocycles. The smallest absolute Gasteiger partial charge is 0.306 e. The number of carboxylic acids is 1. The van der Waals surface area contributed by atoms with Crippen LogP contribution >= 0.6 is 15.9 Å². The molecule has 0 fully saturated rings. The summed E-state index contributed by atoms with van der Waals surface area (Å²) >= 11 is 3.35. The maximum absolute atomic E-state index is 10.7. The molecule has 0 aliphatic rings. The first-order valence-corrected chi connectivity index (χ1v) is 5.42. The average molecular weight is 273 g/mol. The normalized spacial score (nSPS) is 12.5. The highest BCUT2D eigenvalue weighted by atomic mass is 79.9. The fourth-order valence-corrected chi connectivity index (χ4v) is 1.74. The van der Waals surface area contributed by atoms with Gasteiger partial charge in [-0.3, -0.25) is 4.79 Å². The Kier molecular flexibility index (Phi) is 3.74. The first kappa shape index (κ1) is 12.0. The van der Waals surface area contributed by atoms with Crippen LogP contribution < -0.4 is 0 Å². The van der Waals surface area contributed by atoms with Crippen molar-refractivity contribution in [3.63, 3.8) is 0 Å². The summed E-state index contributed by atoms with van der Waals surface area (Å²) in [5.41, 5.74) is 1.59. The second kappa shape index (κ2) is 4.66. The van der Waals surface area contributed by atoms with Gasteiger partial charge in [0.2, 0.25) is 0 Å². The molecule has 3 nitrogen and oxygen atoms in total. The van der Waals surface area contributed by atoms with Crippen molar-refractivity contribution in [1.29, 1.82) is 0 Å². The number of phenols is 1. The number of benzene rings is 1. The Morgan fingerprint density at radius 2 is 2.13 bits per heavy atom. The lowest BCUT2D eigenvalue weighted by Crippen LogP contribution is -2.13. The van der Waals surface area contributed by atoms with Gasteiger partial charge in [0.05, 0.1) is 5.92 Å². The van der Waals surface area contributed by atoms with E-state index in [2.05, 4.69) is 15.9 Å². The van der Waals surface area contributed by atoms with Gasteiger partial charge in [0.25, 0.3) is 0 Å². The van der Waals surface area contributed by atoms with Crippen molar-refractivity contribution in [3.8, 4) is 5.75 Å². The van der Waals surface area contributed by atoms with E-state index in [1.165, 1.54) is 0 Å². The van der Waals surface area contributed by atoms with E-state index in [0.29, 0.717) is 12.0 Å². The Labute approximate surface area is 96.9 Å². The highest BCUT2D eigenvalue weighted by Gasteiger charge is 2.16. The number of phenolic OH excluding ortho intramolecular Hbond substituents is 1. The van der Waals surface area contributed by atoms with Crippen molar-refractivity contribution >= 4 is 21.9 Å². The van der Waals surface area contributed by atoms with Gasteiger partial charge in [0.15, 0.2) is 0 Å². The third-order valence-electron chi connectivity index (χ3n) is 2.44. The van der Waals surface area contributed by atoms with E-state index < -0.39 is 11.9 Å². The summed E-state index contributed by atoms with van der Waals surface area (Å²) in [6.45, 7) is 3.48. The molecule has 0 spiro atoms. The van der Waals surface area contributed by atoms with Crippen molar-refractivity contribution in [2.75, 3.05) is 0 Å². The van der Waals surface area contributed by atoms with E-state index in [1.54, 1.807) is 19.1 Å². The van der Waals surface area contributed by atoms with Gasteiger partial charge in [-0.15, -0.1) is 0 Å². The quantitative estimate of drug-likeness (QED) is 0.890. The molecule has 2 N–H and O–H groups in total. The largest absolute Gasteiger partial charge is 0.508 e. The molecule has 0 heterocycles. The number of hydrogen-bond acceptors (Lipinski definition) is 2. The fourth-order valence-electron chi connectivity index (χ4n) is 1.37. The summed E-state index contributed by atoms with van der Waals surface area (Å²) in [5, 5.41) is 18.4. The van der Waals surface area contributed by atoms with Crippen LogP contribution in [0, 0.1) is 12.8 Å². The molecule has 1 unspecified atom stereocenters. The molecule has 0 saturated heterocycles. The molecule has 1 atom stereocenters. The molecule has 0 radical (unpaired) electrons. The highest BCUT2D eigenvalue weighted by Crippen LogP contribution is 2.29. The number of rotatable bonds is 3. The van der Waals surface area contributed by atoms with Gasteiger partial charge >= 0.3 is 5.97 Å². The molecule has 0 aromatic heterocycles. The number of carbonyl (C=O) groups is 1. The van der Waals surface area contributed by atoms with Crippen LogP contribution in [0.2, 0.25) is 0 Å². The highest BCUT2D eigenvalue weighted by molar-refractivity contribution is 9.10. The lowest BCUT2D eigenvalue weighted by molar-refractivity contribution is -0.141. The minimum absolute atomic E-state index is 0.156. The van der Waals surface area contributed by atoms with Crippen molar-refractivity contribution in [2.24, 2.45) is 5.92 Å². The number of halogens is 1. The zero-order valence-electron chi connectivity index (χ0n) is 8.62. The molecule has 1 rings (SSSR count). The molecule has 1 aromatic rings. The van der Waals surface area contributed by atoms with Gasteiger partial charge in [-0.2, -0.15) is 0 Å². The zero-order valence-corrected chi connectivity index (χ0v) is 10.2. The predicted molar refractivity (Wildman–Crippen MR) is 61.0 cm³/mol. The van der Waals surface area contributed by atoms with E-state index in [0.717, 1.165) is 10.0 Å². The minimum Gasteiger partial charge on any atom is -0.508 e. The summed E-state index contributed by atoms with van der Waals surface area (Å²) in [7, 11) is 0. The van der Waals surface area contributed by atoms with E-state index in [-0.39, 0.29) is 5.75 Å². The van der Waals surface area contributed by atoms with E-state index in [1.807, 2.05) is 6.92 Å². The first-order chi connectivity index (χ1) is 6.93. The Bertz CT molecular complexity index is 388. The van der Waals surface area contributed by atoms with Crippen molar-refractivity contribution in [1.82, 2.24) is 0 Å². The topological polar surface area (TPSA) is 57.5 Å². The second-order valence-corrected chi connectivity index (χ2v) is 4.47. The lowest BCUT2D eigenvalue weighted by atomic mass is 9.97. The lowest BCUT2D eigenvalue weighted by Gasteiger charge is -2.12. The molecule has 0 bridgehead atoms. The van der Waals surface area contributed by atoms with Crippen molar-refractivity contribution in [3.05, 3.63) is 27.7 Å². The average Bonchev–Trinajstić information content (AvgIpc) is 2.18. The molecule has 0 aliphatic heterocycles.